The van der Waals surface area contributed by atoms with Gasteiger partial charge >= 0.3 is 0 Å². The van der Waals surface area contributed by atoms with Crippen LogP contribution >= 0.6 is 0 Å². The zero-order valence-corrected chi connectivity index (χ0v) is 21.5. The minimum atomic E-state index is -0.105. The number of methoxy groups -OCH3 is 1. The lowest BCUT2D eigenvalue weighted by Crippen LogP contribution is -2.22. The first-order valence-corrected chi connectivity index (χ1v) is 12.6. The molecule has 4 heteroatoms. The summed E-state index contributed by atoms with van der Waals surface area (Å²) in [5.41, 5.74) is 6.85. The molecule has 4 aromatic carbocycles. The Kier molecular flexibility index (Phi) is 7.09. The van der Waals surface area contributed by atoms with Crippen molar-refractivity contribution in [2.75, 3.05) is 13.7 Å². The molecule has 0 aliphatic rings. The van der Waals surface area contributed by atoms with Gasteiger partial charge in [0.1, 0.15) is 11.3 Å². The number of nitrogens with one attached hydrogen (secondary N) is 1. The second-order valence-corrected chi connectivity index (χ2v) is 9.34. The van der Waals surface area contributed by atoms with Gasteiger partial charge in [-0.1, -0.05) is 72.8 Å². The minimum absolute atomic E-state index is 0.105. The predicted molar refractivity (Wildman–Crippen MR) is 152 cm³/mol. The van der Waals surface area contributed by atoms with Crippen LogP contribution in [0.1, 0.15) is 30.0 Å². The number of rotatable bonds is 8. The molecule has 5 rings (SSSR count). The van der Waals surface area contributed by atoms with E-state index >= 15 is 0 Å². The van der Waals surface area contributed by atoms with E-state index in [9.17, 15) is 4.79 Å². The molecule has 0 radical (unpaired) electrons. The summed E-state index contributed by atoms with van der Waals surface area (Å²) in [6, 6.07) is 27.1. The molecule has 4 nitrogen and oxygen atoms in total. The SMILES string of the molecule is COc1c(/C(C)=C/C(=O)NCCCc2ccccc2)cc2c(-c3cccc4ccccc34)coc2c1C. The van der Waals surface area contributed by atoms with Gasteiger partial charge in [0.05, 0.1) is 13.4 Å². The Morgan fingerprint density at radius 3 is 2.51 bits per heavy atom. The van der Waals surface area contributed by atoms with E-state index in [-0.39, 0.29) is 5.91 Å². The number of benzene rings is 4. The number of aryl methyl sites for hydroxylation is 2. The number of carbonyl (C=O) groups excluding carboxylic acids is 1. The van der Waals surface area contributed by atoms with Gasteiger partial charge in [-0.15, -0.1) is 0 Å². The highest BCUT2D eigenvalue weighted by atomic mass is 16.5. The summed E-state index contributed by atoms with van der Waals surface area (Å²) < 4.78 is 11.9. The zero-order valence-electron chi connectivity index (χ0n) is 21.5. The third-order valence-corrected chi connectivity index (χ3v) is 6.88. The van der Waals surface area contributed by atoms with Gasteiger partial charge in [-0.05, 0) is 60.2 Å². The van der Waals surface area contributed by atoms with Crippen molar-refractivity contribution in [3.8, 4) is 16.9 Å². The average Bonchev–Trinajstić information content (AvgIpc) is 3.35. The molecule has 0 bridgehead atoms. The van der Waals surface area contributed by atoms with E-state index in [1.54, 1.807) is 13.2 Å². The molecule has 1 heterocycles. The number of ether oxygens (including phenoxy) is 1. The second kappa shape index (κ2) is 10.8. The van der Waals surface area contributed by atoms with Gasteiger partial charge in [0.2, 0.25) is 5.91 Å². The molecule has 1 aromatic heterocycles. The lowest BCUT2D eigenvalue weighted by Gasteiger charge is -2.14. The number of hydrogen-bond donors (Lipinski definition) is 1. The van der Waals surface area contributed by atoms with Crippen LogP contribution in [0.25, 0.3) is 38.4 Å². The van der Waals surface area contributed by atoms with Crippen molar-refractivity contribution in [1.29, 1.82) is 0 Å². The quantitative estimate of drug-likeness (QED) is 0.179. The molecule has 0 aliphatic carbocycles. The second-order valence-electron chi connectivity index (χ2n) is 9.34. The van der Waals surface area contributed by atoms with Crippen molar-refractivity contribution in [1.82, 2.24) is 5.32 Å². The summed E-state index contributed by atoms with van der Waals surface area (Å²) in [6.45, 7) is 4.57. The molecule has 0 saturated carbocycles. The Hall–Kier alpha value is -4.31. The van der Waals surface area contributed by atoms with E-state index in [2.05, 4.69) is 59.9 Å². The van der Waals surface area contributed by atoms with E-state index in [1.807, 2.05) is 44.4 Å². The van der Waals surface area contributed by atoms with Crippen LogP contribution in [-0.4, -0.2) is 19.6 Å². The van der Waals surface area contributed by atoms with Crippen molar-refractivity contribution in [3.05, 3.63) is 108 Å². The maximum absolute atomic E-state index is 12.7. The van der Waals surface area contributed by atoms with Crippen LogP contribution in [-0.2, 0) is 11.2 Å². The first-order valence-electron chi connectivity index (χ1n) is 12.6. The van der Waals surface area contributed by atoms with Crippen molar-refractivity contribution < 1.29 is 13.9 Å². The molecule has 0 spiro atoms. The van der Waals surface area contributed by atoms with Gasteiger partial charge in [0, 0.05) is 34.7 Å². The number of carbonyl (C=O) groups is 1. The van der Waals surface area contributed by atoms with Gasteiger partial charge in [-0.2, -0.15) is 0 Å². The smallest absolute Gasteiger partial charge is 0.244 e. The number of hydrogen-bond acceptors (Lipinski definition) is 3. The van der Waals surface area contributed by atoms with Crippen molar-refractivity contribution >= 4 is 33.2 Å². The van der Waals surface area contributed by atoms with Crippen LogP contribution in [0, 0.1) is 6.92 Å². The van der Waals surface area contributed by atoms with Gasteiger partial charge < -0.3 is 14.5 Å². The summed E-state index contributed by atoms with van der Waals surface area (Å²) in [6.07, 6.45) is 5.30. The maximum Gasteiger partial charge on any atom is 0.244 e. The Labute approximate surface area is 217 Å². The normalized spacial score (nSPS) is 11.7. The van der Waals surface area contributed by atoms with E-state index < -0.39 is 0 Å². The first-order chi connectivity index (χ1) is 18.1. The molecule has 5 aromatic rings. The maximum atomic E-state index is 12.7. The van der Waals surface area contributed by atoms with Crippen LogP contribution in [0.3, 0.4) is 0 Å². The predicted octanol–water partition coefficient (Wildman–Crippen LogP) is 7.72. The monoisotopic (exact) mass is 489 g/mol. The fourth-order valence-electron chi connectivity index (χ4n) is 5.01. The summed E-state index contributed by atoms with van der Waals surface area (Å²) >= 11 is 0. The Morgan fingerprint density at radius 2 is 1.70 bits per heavy atom. The zero-order chi connectivity index (χ0) is 25.8. The highest BCUT2D eigenvalue weighted by Crippen LogP contribution is 2.42. The number of furan rings is 1. The average molecular weight is 490 g/mol. The Morgan fingerprint density at radius 1 is 0.946 bits per heavy atom. The van der Waals surface area contributed by atoms with Gasteiger partial charge in [0.15, 0.2) is 0 Å². The summed E-state index contributed by atoms with van der Waals surface area (Å²) in [5, 5.41) is 6.37. The fraction of sp³-hybridized carbons (Fsp3) is 0.182. The molecule has 0 saturated heterocycles. The molecule has 1 N–H and O–H groups in total. The highest BCUT2D eigenvalue weighted by molar-refractivity contribution is 6.07. The molecule has 0 aliphatic heterocycles. The summed E-state index contributed by atoms with van der Waals surface area (Å²) in [5.74, 6) is 0.615. The van der Waals surface area contributed by atoms with Gasteiger partial charge in [0.25, 0.3) is 0 Å². The molecule has 0 unspecified atom stereocenters. The topological polar surface area (TPSA) is 51.5 Å². The number of amides is 1. The van der Waals surface area contributed by atoms with E-state index in [0.717, 1.165) is 57.4 Å². The third kappa shape index (κ3) is 5.01. The van der Waals surface area contributed by atoms with Crippen molar-refractivity contribution in [3.63, 3.8) is 0 Å². The molecular formula is C33H31NO3. The molecular weight excluding hydrogens is 458 g/mol. The lowest BCUT2D eigenvalue weighted by molar-refractivity contribution is -0.116. The van der Waals surface area contributed by atoms with Crippen LogP contribution in [0.4, 0.5) is 0 Å². The van der Waals surface area contributed by atoms with E-state index in [1.165, 1.54) is 16.3 Å². The van der Waals surface area contributed by atoms with Crippen LogP contribution in [0.2, 0.25) is 0 Å². The summed E-state index contributed by atoms with van der Waals surface area (Å²) in [4.78, 5) is 12.7. The van der Waals surface area contributed by atoms with Crippen LogP contribution in [0.5, 0.6) is 5.75 Å². The van der Waals surface area contributed by atoms with Gasteiger partial charge in [-0.25, -0.2) is 0 Å². The Bertz CT molecular complexity index is 1590. The summed E-state index contributed by atoms with van der Waals surface area (Å²) in [7, 11) is 1.66. The van der Waals surface area contributed by atoms with Crippen LogP contribution < -0.4 is 10.1 Å². The van der Waals surface area contributed by atoms with Crippen molar-refractivity contribution in [2.24, 2.45) is 0 Å². The van der Waals surface area contributed by atoms with Crippen LogP contribution in [0.15, 0.2) is 95.6 Å². The Balaban J connectivity index is 1.44. The molecule has 1 amide bonds. The number of allylic oxidation sites excluding steroid dienone is 1. The lowest BCUT2D eigenvalue weighted by atomic mass is 9.94. The molecule has 37 heavy (non-hydrogen) atoms. The van der Waals surface area contributed by atoms with Crippen molar-refractivity contribution in [2.45, 2.75) is 26.7 Å². The van der Waals surface area contributed by atoms with E-state index in [0.29, 0.717) is 6.54 Å². The largest absolute Gasteiger partial charge is 0.496 e. The van der Waals surface area contributed by atoms with E-state index in [4.69, 9.17) is 9.15 Å². The standard InChI is InChI=1S/C33H31NO3/c1-22(19-31(35)34-18-10-13-24-11-5-4-6-12-24)28-20-29-30(21-37-33(29)23(2)32(28)36-3)27-17-9-15-25-14-7-8-16-26(25)27/h4-9,11-12,14-17,19-21H,10,13,18H2,1-3H3,(H,34,35)/b22-19+. The highest BCUT2D eigenvalue weighted by Gasteiger charge is 2.19. The third-order valence-electron chi connectivity index (χ3n) is 6.88. The molecule has 0 atom stereocenters. The molecule has 0 fully saturated rings. The van der Waals surface area contributed by atoms with Gasteiger partial charge in [-0.3, -0.25) is 4.79 Å². The molecule has 186 valence electrons. The minimum Gasteiger partial charge on any atom is -0.496 e. The number of fused-ring (bicyclic) bond motifs is 2. The fourth-order valence-corrected chi connectivity index (χ4v) is 5.01. The first kappa shape index (κ1) is 24.4.